The second-order valence-corrected chi connectivity index (χ2v) is 4.67. The second-order valence-electron chi connectivity index (χ2n) is 4.28. The highest BCUT2D eigenvalue weighted by Crippen LogP contribution is 2.23. The third-order valence-electron chi connectivity index (χ3n) is 3.04. The lowest BCUT2D eigenvalue weighted by Gasteiger charge is -2.04. The molecule has 1 aromatic heterocycles. The van der Waals surface area contributed by atoms with Gasteiger partial charge in [-0.25, -0.2) is 9.37 Å². The maximum Gasteiger partial charge on any atom is 0.132 e. The SMILES string of the molecule is Cc1ncc2n1C(Cl)=CC(c1ccccc1F)=NC2. The van der Waals surface area contributed by atoms with Gasteiger partial charge in [0.15, 0.2) is 0 Å². The molecule has 3 nitrogen and oxygen atoms in total. The number of halogens is 2. The molecule has 0 saturated carbocycles. The van der Waals surface area contributed by atoms with Gasteiger partial charge >= 0.3 is 0 Å². The number of hydrogen-bond acceptors (Lipinski definition) is 2. The van der Waals surface area contributed by atoms with E-state index in [4.69, 9.17) is 11.6 Å². The first kappa shape index (κ1) is 12.1. The molecule has 0 amide bonds. The van der Waals surface area contributed by atoms with Crippen LogP contribution in [-0.2, 0) is 6.54 Å². The smallest absolute Gasteiger partial charge is 0.132 e. The van der Waals surface area contributed by atoms with E-state index in [1.54, 1.807) is 30.5 Å². The van der Waals surface area contributed by atoms with Crippen LogP contribution in [0.3, 0.4) is 0 Å². The lowest BCUT2D eigenvalue weighted by Crippen LogP contribution is -2.01. The zero-order chi connectivity index (χ0) is 13.4. The fourth-order valence-corrected chi connectivity index (χ4v) is 2.45. The van der Waals surface area contributed by atoms with E-state index in [0.717, 1.165) is 11.5 Å². The minimum absolute atomic E-state index is 0.302. The van der Waals surface area contributed by atoms with Crippen molar-refractivity contribution in [2.24, 2.45) is 4.99 Å². The van der Waals surface area contributed by atoms with Gasteiger partial charge in [0, 0.05) is 5.56 Å². The number of fused-ring (bicyclic) bond motifs is 1. The summed E-state index contributed by atoms with van der Waals surface area (Å²) in [7, 11) is 0. The van der Waals surface area contributed by atoms with Gasteiger partial charge in [-0.1, -0.05) is 23.7 Å². The van der Waals surface area contributed by atoms with Gasteiger partial charge in [0.1, 0.15) is 16.8 Å². The first-order valence-corrected chi connectivity index (χ1v) is 6.25. The van der Waals surface area contributed by atoms with E-state index in [1.807, 2.05) is 11.5 Å². The second kappa shape index (κ2) is 4.63. The quantitative estimate of drug-likeness (QED) is 0.785. The van der Waals surface area contributed by atoms with Crippen molar-refractivity contribution < 1.29 is 4.39 Å². The Morgan fingerprint density at radius 2 is 2.11 bits per heavy atom. The number of aromatic nitrogens is 2. The standard InChI is InChI=1S/C14H11ClFN3/c1-9-17-7-10-8-18-13(6-14(15)19(9)10)11-4-2-3-5-12(11)16/h2-7H,8H2,1H3. The number of imidazole rings is 1. The number of rotatable bonds is 1. The maximum absolute atomic E-state index is 13.8. The molecule has 3 rings (SSSR count). The lowest BCUT2D eigenvalue weighted by atomic mass is 10.1. The molecule has 2 aromatic rings. The van der Waals surface area contributed by atoms with Crippen LogP contribution in [0.25, 0.3) is 5.16 Å². The molecule has 0 bridgehead atoms. The van der Waals surface area contributed by atoms with Gasteiger partial charge in [0.05, 0.1) is 24.1 Å². The Labute approximate surface area is 115 Å². The summed E-state index contributed by atoms with van der Waals surface area (Å²) in [6.07, 6.45) is 3.41. The Bertz CT molecular complexity index is 700. The van der Waals surface area contributed by atoms with E-state index < -0.39 is 0 Å². The molecule has 5 heteroatoms. The largest absolute Gasteiger partial charge is 0.289 e. The first-order valence-electron chi connectivity index (χ1n) is 5.87. The molecular weight excluding hydrogens is 265 g/mol. The zero-order valence-electron chi connectivity index (χ0n) is 10.3. The Morgan fingerprint density at radius 3 is 2.89 bits per heavy atom. The summed E-state index contributed by atoms with van der Waals surface area (Å²) in [6.45, 7) is 2.30. The molecule has 0 fully saturated rings. The Kier molecular flexibility index (Phi) is 2.95. The molecular formula is C14H11ClFN3. The molecule has 96 valence electrons. The number of hydrogen-bond donors (Lipinski definition) is 0. The molecule has 0 aliphatic carbocycles. The van der Waals surface area contributed by atoms with Crippen LogP contribution < -0.4 is 0 Å². The summed E-state index contributed by atoms with van der Waals surface area (Å²) in [6, 6.07) is 6.54. The fraction of sp³-hybridized carbons (Fsp3) is 0.143. The summed E-state index contributed by atoms with van der Waals surface area (Å²) in [5, 5.41) is 0.476. The molecule has 1 aliphatic heterocycles. The van der Waals surface area contributed by atoms with E-state index in [-0.39, 0.29) is 5.82 Å². The van der Waals surface area contributed by atoms with E-state index in [2.05, 4.69) is 9.98 Å². The van der Waals surface area contributed by atoms with Crippen LogP contribution in [0.4, 0.5) is 4.39 Å². The first-order chi connectivity index (χ1) is 9.16. The monoisotopic (exact) mass is 275 g/mol. The number of aryl methyl sites for hydroxylation is 1. The van der Waals surface area contributed by atoms with Crippen LogP contribution in [0.2, 0.25) is 0 Å². The van der Waals surface area contributed by atoms with Crippen LogP contribution in [0, 0.1) is 12.7 Å². The van der Waals surface area contributed by atoms with Crippen molar-refractivity contribution in [1.82, 2.24) is 9.55 Å². The maximum atomic E-state index is 13.8. The van der Waals surface area contributed by atoms with Gasteiger partial charge in [-0.2, -0.15) is 0 Å². The highest BCUT2D eigenvalue weighted by molar-refractivity contribution is 6.47. The van der Waals surface area contributed by atoms with Gasteiger partial charge in [-0.05, 0) is 25.1 Å². The highest BCUT2D eigenvalue weighted by atomic mass is 35.5. The molecule has 1 aliphatic rings. The van der Waals surface area contributed by atoms with Gasteiger partial charge in [-0.3, -0.25) is 9.56 Å². The van der Waals surface area contributed by atoms with E-state index >= 15 is 0 Å². The normalized spacial score (nSPS) is 14.5. The molecule has 1 aromatic carbocycles. The number of benzene rings is 1. The predicted octanol–water partition coefficient (Wildman–Crippen LogP) is 3.37. The Balaban J connectivity index is 2.11. The molecule has 2 heterocycles. The Morgan fingerprint density at radius 1 is 1.32 bits per heavy atom. The van der Waals surface area contributed by atoms with Gasteiger partial charge in [0.2, 0.25) is 0 Å². The van der Waals surface area contributed by atoms with Crippen molar-refractivity contribution >= 4 is 22.5 Å². The summed E-state index contributed by atoms with van der Waals surface area (Å²) in [5.41, 5.74) is 1.90. The minimum atomic E-state index is -0.302. The average molecular weight is 276 g/mol. The van der Waals surface area contributed by atoms with Crippen molar-refractivity contribution in [3.05, 3.63) is 59.4 Å². The summed E-state index contributed by atoms with van der Waals surface area (Å²) < 4.78 is 15.6. The van der Waals surface area contributed by atoms with Crippen molar-refractivity contribution in [2.75, 3.05) is 0 Å². The van der Waals surface area contributed by atoms with Crippen LogP contribution in [0.1, 0.15) is 17.1 Å². The topological polar surface area (TPSA) is 30.2 Å². The van der Waals surface area contributed by atoms with Crippen LogP contribution in [0.15, 0.2) is 41.5 Å². The van der Waals surface area contributed by atoms with E-state index in [1.165, 1.54) is 6.07 Å². The molecule has 0 unspecified atom stereocenters. The molecule has 0 N–H and O–H groups in total. The number of nitrogens with zero attached hydrogens (tertiary/aromatic N) is 3. The summed E-state index contributed by atoms with van der Waals surface area (Å²) in [4.78, 5) is 8.61. The highest BCUT2D eigenvalue weighted by Gasteiger charge is 2.16. The van der Waals surface area contributed by atoms with Crippen molar-refractivity contribution in [1.29, 1.82) is 0 Å². The van der Waals surface area contributed by atoms with Crippen LogP contribution in [0.5, 0.6) is 0 Å². The van der Waals surface area contributed by atoms with Gasteiger partial charge < -0.3 is 0 Å². The fourth-order valence-electron chi connectivity index (χ4n) is 2.12. The molecule has 0 spiro atoms. The summed E-state index contributed by atoms with van der Waals surface area (Å²) >= 11 is 6.28. The zero-order valence-corrected chi connectivity index (χ0v) is 11.0. The number of allylic oxidation sites excluding steroid dienone is 1. The average Bonchev–Trinajstić information content (AvgIpc) is 2.67. The Hall–Kier alpha value is -1.94. The molecule has 0 atom stereocenters. The molecule has 0 radical (unpaired) electrons. The number of aliphatic imine (C=N–C) groups is 1. The van der Waals surface area contributed by atoms with Crippen LogP contribution in [-0.4, -0.2) is 15.3 Å². The lowest BCUT2D eigenvalue weighted by molar-refractivity contribution is 0.625. The van der Waals surface area contributed by atoms with Gasteiger partial charge in [-0.15, -0.1) is 0 Å². The van der Waals surface area contributed by atoms with Crippen molar-refractivity contribution in [3.8, 4) is 0 Å². The molecule has 19 heavy (non-hydrogen) atoms. The third-order valence-corrected chi connectivity index (χ3v) is 3.32. The predicted molar refractivity (Wildman–Crippen MR) is 73.7 cm³/mol. The van der Waals surface area contributed by atoms with E-state index in [0.29, 0.717) is 23.0 Å². The van der Waals surface area contributed by atoms with Crippen molar-refractivity contribution in [2.45, 2.75) is 13.5 Å². The van der Waals surface area contributed by atoms with Crippen molar-refractivity contribution in [3.63, 3.8) is 0 Å². The third kappa shape index (κ3) is 2.08. The molecule has 0 saturated heterocycles. The summed E-state index contributed by atoms with van der Waals surface area (Å²) in [5.74, 6) is 0.490. The van der Waals surface area contributed by atoms with Gasteiger partial charge in [0.25, 0.3) is 0 Å². The minimum Gasteiger partial charge on any atom is -0.289 e. The van der Waals surface area contributed by atoms with Crippen LogP contribution >= 0.6 is 11.6 Å². The van der Waals surface area contributed by atoms with E-state index in [9.17, 15) is 4.39 Å².